The number of benzene rings is 2. The molecule has 110 valence electrons. The monoisotopic (exact) mass is 303 g/mol. The Labute approximate surface area is 129 Å². The molecule has 2 aromatic carbocycles. The van der Waals surface area contributed by atoms with Gasteiger partial charge in [-0.2, -0.15) is 0 Å². The van der Waals surface area contributed by atoms with Gasteiger partial charge in [-0.25, -0.2) is 0 Å². The van der Waals surface area contributed by atoms with Crippen LogP contribution in [-0.2, 0) is 19.5 Å². The van der Waals surface area contributed by atoms with Gasteiger partial charge in [0.05, 0.1) is 12.1 Å². The van der Waals surface area contributed by atoms with Gasteiger partial charge in [0, 0.05) is 19.6 Å². The van der Waals surface area contributed by atoms with E-state index in [1.54, 1.807) is 6.07 Å². The second-order valence-corrected chi connectivity index (χ2v) is 5.77. The Hall–Kier alpha value is -1.71. The maximum absolute atomic E-state index is 9.79. The van der Waals surface area contributed by atoms with Crippen molar-refractivity contribution in [1.29, 1.82) is 0 Å². The molecule has 1 N–H and O–H groups in total. The minimum atomic E-state index is 0.00639. The van der Waals surface area contributed by atoms with E-state index < -0.39 is 0 Å². The second-order valence-electron chi connectivity index (χ2n) is 5.36. The number of phenols is 1. The Morgan fingerprint density at radius 1 is 1.24 bits per heavy atom. The standard InChI is InChI=1S/C17H18ClNO2/c1-21-16-9-12(8-15(18)17(16)20)10-19-7-6-13-4-2-3-5-14(13)11-19/h2-5,8-9,20H,6-7,10-11H2,1H3. The average Bonchev–Trinajstić information content (AvgIpc) is 2.50. The highest BCUT2D eigenvalue weighted by Gasteiger charge is 2.17. The van der Waals surface area contributed by atoms with Gasteiger partial charge in [-0.1, -0.05) is 35.9 Å². The molecular weight excluding hydrogens is 286 g/mol. The summed E-state index contributed by atoms with van der Waals surface area (Å²) in [6, 6.07) is 12.2. The number of ether oxygens (including phenoxy) is 1. The molecule has 3 nitrogen and oxygen atoms in total. The number of phenolic OH excluding ortho intramolecular Hbond substituents is 1. The van der Waals surface area contributed by atoms with Crippen LogP contribution in [0.4, 0.5) is 0 Å². The predicted octanol–water partition coefficient (Wildman–Crippen LogP) is 3.61. The first-order chi connectivity index (χ1) is 10.2. The fraction of sp³-hybridized carbons (Fsp3) is 0.294. The van der Waals surface area contributed by atoms with Gasteiger partial charge < -0.3 is 9.84 Å². The number of halogens is 1. The van der Waals surface area contributed by atoms with Crippen molar-refractivity contribution in [3.63, 3.8) is 0 Å². The van der Waals surface area contributed by atoms with E-state index in [2.05, 4.69) is 29.2 Å². The van der Waals surface area contributed by atoms with Gasteiger partial charge in [0.25, 0.3) is 0 Å². The lowest BCUT2D eigenvalue weighted by Crippen LogP contribution is -2.29. The molecule has 0 bridgehead atoms. The molecular formula is C17H18ClNO2. The highest BCUT2D eigenvalue weighted by molar-refractivity contribution is 6.32. The van der Waals surface area contributed by atoms with Crippen molar-refractivity contribution in [2.45, 2.75) is 19.5 Å². The normalized spacial score (nSPS) is 14.8. The molecule has 0 aliphatic carbocycles. The molecule has 3 rings (SSSR count). The zero-order chi connectivity index (χ0) is 14.8. The highest BCUT2D eigenvalue weighted by atomic mass is 35.5. The first kappa shape index (κ1) is 14.2. The fourth-order valence-electron chi connectivity index (χ4n) is 2.82. The van der Waals surface area contributed by atoms with Gasteiger partial charge in [0.2, 0.25) is 0 Å². The van der Waals surface area contributed by atoms with Crippen LogP contribution in [0.3, 0.4) is 0 Å². The third-order valence-electron chi connectivity index (χ3n) is 3.92. The van der Waals surface area contributed by atoms with Gasteiger partial charge >= 0.3 is 0 Å². The minimum absolute atomic E-state index is 0.00639. The molecule has 0 radical (unpaired) electrons. The molecule has 0 saturated carbocycles. The van der Waals surface area contributed by atoms with E-state index in [1.807, 2.05) is 6.07 Å². The van der Waals surface area contributed by atoms with Crippen molar-refractivity contribution >= 4 is 11.6 Å². The van der Waals surface area contributed by atoms with Gasteiger partial charge in [0.15, 0.2) is 11.5 Å². The molecule has 0 aromatic heterocycles. The number of hydrogen-bond donors (Lipinski definition) is 1. The van der Waals surface area contributed by atoms with E-state index in [0.29, 0.717) is 10.8 Å². The Kier molecular flexibility index (Phi) is 4.04. The number of aromatic hydroxyl groups is 1. The van der Waals surface area contributed by atoms with Gasteiger partial charge in [-0.05, 0) is 35.2 Å². The minimum Gasteiger partial charge on any atom is -0.503 e. The topological polar surface area (TPSA) is 32.7 Å². The molecule has 4 heteroatoms. The number of methoxy groups -OCH3 is 1. The number of nitrogens with zero attached hydrogens (tertiary/aromatic N) is 1. The summed E-state index contributed by atoms with van der Waals surface area (Å²) < 4.78 is 5.16. The molecule has 21 heavy (non-hydrogen) atoms. The van der Waals surface area contributed by atoms with Crippen LogP contribution in [0.2, 0.25) is 5.02 Å². The largest absolute Gasteiger partial charge is 0.503 e. The number of rotatable bonds is 3. The highest BCUT2D eigenvalue weighted by Crippen LogP contribution is 2.35. The van der Waals surface area contributed by atoms with Crippen LogP contribution in [-0.4, -0.2) is 23.7 Å². The third-order valence-corrected chi connectivity index (χ3v) is 4.21. The molecule has 0 atom stereocenters. The zero-order valence-corrected chi connectivity index (χ0v) is 12.7. The number of hydrogen-bond acceptors (Lipinski definition) is 3. The smallest absolute Gasteiger partial charge is 0.176 e. The lowest BCUT2D eigenvalue weighted by Gasteiger charge is -2.28. The predicted molar refractivity (Wildman–Crippen MR) is 83.9 cm³/mol. The lowest BCUT2D eigenvalue weighted by molar-refractivity contribution is 0.245. The van der Waals surface area contributed by atoms with Crippen LogP contribution in [0, 0.1) is 0 Å². The van der Waals surface area contributed by atoms with Crippen LogP contribution in [0.5, 0.6) is 11.5 Å². The Morgan fingerprint density at radius 2 is 2.00 bits per heavy atom. The molecule has 0 unspecified atom stereocenters. The maximum atomic E-state index is 9.79. The van der Waals surface area contributed by atoms with Crippen molar-refractivity contribution in [3.8, 4) is 11.5 Å². The van der Waals surface area contributed by atoms with Crippen LogP contribution in [0.25, 0.3) is 0 Å². The number of fused-ring (bicyclic) bond motifs is 1. The van der Waals surface area contributed by atoms with Crippen molar-refractivity contribution in [3.05, 3.63) is 58.1 Å². The molecule has 2 aromatic rings. The van der Waals surface area contributed by atoms with Crippen LogP contribution < -0.4 is 4.74 Å². The van der Waals surface area contributed by atoms with Gasteiger partial charge in [-0.15, -0.1) is 0 Å². The molecule has 0 spiro atoms. The van der Waals surface area contributed by atoms with Crippen molar-refractivity contribution in [2.75, 3.05) is 13.7 Å². The summed E-state index contributed by atoms with van der Waals surface area (Å²) in [4.78, 5) is 2.38. The summed E-state index contributed by atoms with van der Waals surface area (Å²) in [5, 5.41) is 10.1. The van der Waals surface area contributed by atoms with Gasteiger partial charge in [0.1, 0.15) is 0 Å². The lowest BCUT2D eigenvalue weighted by atomic mass is 9.99. The van der Waals surface area contributed by atoms with Crippen LogP contribution in [0.1, 0.15) is 16.7 Å². The second kappa shape index (κ2) is 5.96. The fourth-order valence-corrected chi connectivity index (χ4v) is 3.05. The van der Waals surface area contributed by atoms with Crippen molar-refractivity contribution < 1.29 is 9.84 Å². The van der Waals surface area contributed by atoms with Crippen molar-refractivity contribution in [2.24, 2.45) is 0 Å². The summed E-state index contributed by atoms with van der Waals surface area (Å²) in [6.45, 7) is 2.76. The summed E-state index contributed by atoms with van der Waals surface area (Å²) in [6.07, 6.45) is 1.07. The van der Waals surface area contributed by atoms with E-state index >= 15 is 0 Å². The Morgan fingerprint density at radius 3 is 2.76 bits per heavy atom. The Bertz CT molecular complexity index is 657. The molecule has 0 amide bonds. The zero-order valence-electron chi connectivity index (χ0n) is 12.0. The first-order valence-corrected chi connectivity index (χ1v) is 7.39. The van der Waals surface area contributed by atoms with E-state index in [-0.39, 0.29) is 5.75 Å². The quantitative estimate of drug-likeness (QED) is 0.940. The Balaban J connectivity index is 1.78. The first-order valence-electron chi connectivity index (χ1n) is 7.02. The molecule has 1 aliphatic heterocycles. The summed E-state index contributed by atoms with van der Waals surface area (Å²) in [5.41, 5.74) is 3.88. The molecule has 1 aliphatic rings. The van der Waals surface area contributed by atoms with E-state index in [0.717, 1.165) is 31.6 Å². The van der Waals surface area contributed by atoms with Crippen LogP contribution in [0.15, 0.2) is 36.4 Å². The molecule has 0 saturated heterocycles. The summed E-state index contributed by atoms with van der Waals surface area (Å²) in [5.74, 6) is 0.432. The van der Waals surface area contributed by atoms with Crippen molar-refractivity contribution in [1.82, 2.24) is 4.90 Å². The molecule has 1 heterocycles. The maximum Gasteiger partial charge on any atom is 0.176 e. The summed E-state index contributed by atoms with van der Waals surface area (Å²) in [7, 11) is 1.53. The van der Waals surface area contributed by atoms with E-state index in [9.17, 15) is 5.11 Å². The van der Waals surface area contributed by atoms with E-state index in [1.165, 1.54) is 18.2 Å². The SMILES string of the molecule is COc1cc(CN2CCc3ccccc3C2)cc(Cl)c1O. The molecule has 0 fully saturated rings. The third kappa shape index (κ3) is 2.99. The van der Waals surface area contributed by atoms with Crippen LogP contribution >= 0.6 is 11.6 Å². The van der Waals surface area contributed by atoms with E-state index in [4.69, 9.17) is 16.3 Å². The summed E-state index contributed by atoms with van der Waals surface area (Å²) >= 11 is 6.05. The average molecular weight is 304 g/mol. The van der Waals surface area contributed by atoms with Gasteiger partial charge in [-0.3, -0.25) is 4.90 Å².